The zero-order valence-corrected chi connectivity index (χ0v) is 13.7. The number of nitrogens with two attached hydrogens (primary N) is 1. The van der Waals surface area contributed by atoms with E-state index >= 15 is 0 Å². The number of carbonyl (C=O) groups is 3. The van der Waals surface area contributed by atoms with Crippen LogP contribution in [0.5, 0.6) is 5.75 Å². The van der Waals surface area contributed by atoms with Gasteiger partial charge >= 0.3 is 6.03 Å². The Morgan fingerprint density at radius 1 is 1.29 bits per heavy atom. The Hall–Kier alpha value is -2.61. The Morgan fingerprint density at radius 2 is 2.00 bits per heavy atom. The first-order valence-electron chi connectivity index (χ1n) is 7.79. The number of hydrogen-bond donors (Lipinski definition) is 2. The van der Waals surface area contributed by atoms with E-state index in [0.717, 1.165) is 0 Å². The smallest absolute Gasteiger partial charge is 0.326 e. The number of amides is 4. The van der Waals surface area contributed by atoms with Crippen molar-refractivity contribution in [1.82, 2.24) is 9.80 Å². The van der Waals surface area contributed by atoms with Gasteiger partial charge in [0, 0.05) is 32.2 Å². The van der Waals surface area contributed by atoms with Crippen molar-refractivity contribution < 1.29 is 19.1 Å². The van der Waals surface area contributed by atoms with E-state index in [-0.39, 0.29) is 37.4 Å². The summed E-state index contributed by atoms with van der Waals surface area (Å²) in [5.74, 6) is 0.294. The molecule has 2 rings (SSSR count). The number of benzene rings is 1. The van der Waals surface area contributed by atoms with Crippen molar-refractivity contribution in [3.05, 3.63) is 24.3 Å². The number of nitrogens with zero attached hydrogens (tertiary/aromatic N) is 2. The highest BCUT2D eigenvalue weighted by atomic mass is 16.5. The predicted octanol–water partition coefficient (Wildman–Crippen LogP) is 0.637. The van der Waals surface area contributed by atoms with Gasteiger partial charge in [0.25, 0.3) is 0 Å². The van der Waals surface area contributed by atoms with Crippen molar-refractivity contribution in [1.29, 1.82) is 0 Å². The van der Waals surface area contributed by atoms with E-state index in [1.54, 1.807) is 31.3 Å². The minimum Gasteiger partial charge on any atom is -0.492 e. The van der Waals surface area contributed by atoms with Gasteiger partial charge in [-0.1, -0.05) is 0 Å². The molecule has 0 aliphatic carbocycles. The van der Waals surface area contributed by atoms with Crippen molar-refractivity contribution in [2.45, 2.75) is 12.8 Å². The lowest BCUT2D eigenvalue weighted by Gasteiger charge is -2.13. The van der Waals surface area contributed by atoms with E-state index in [1.165, 1.54) is 9.80 Å². The summed E-state index contributed by atoms with van der Waals surface area (Å²) >= 11 is 0. The van der Waals surface area contributed by atoms with Gasteiger partial charge in [-0.05, 0) is 30.7 Å². The molecule has 0 spiro atoms. The summed E-state index contributed by atoms with van der Waals surface area (Å²) in [7, 11) is 1.58. The number of rotatable bonds is 8. The molecule has 0 unspecified atom stereocenters. The molecular formula is C16H22N4O4. The molecule has 0 aromatic heterocycles. The van der Waals surface area contributed by atoms with Gasteiger partial charge in [0.05, 0.1) is 0 Å². The van der Waals surface area contributed by atoms with Crippen LogP contribution in [0.2, 0.25) is 0 Å². The lowest BCUT2D eigenvalue weighted by atomic mass is 10.2. The van der Waals surface area contributed by atoms with Gasteiger partial charge < -0.3 is 20.7 Å². The maximum atomic E-state index is 11.9. The molecule has 8 nitrogen and oxygen atoms in total. The van der Waals surface area contributed by atoms with Gasteiger partial charge in [0.15, 0.2) is 0 Å². The van der Waals surface area contributed by atoms with Crippen LogP contribution in [0.25, 0.3) is 0 Å². The van der Waals surface area contributed by atoms with Crippen LogP contribution in [0.15, 0.2) is 24.3 Å². The number of anilines is 1. The summed E-state index contributed by atoms with van der Waals surface area (Å²) in [5.41, 5.74) is 6.02. The van der Waals surface area contributed by atoms with Crippen molar-refractivity contribution in [2.75, 3.05) is 38.6 Å². The van der Waals surface area contributed by atoms with E-state index < -0.39 is 0 Å². The molecule has 0 atom stereocenters. The lowest BCUT2D eigenvalue weighted by Crippen LogP contribution is -2.32. The first-order chi connectivity index (χ1) is 11.5. The minimum absolute atomic E-state index is 0.101. The fourth-order valence-electron chi connectivity index (χ4n) is 2.32. The zero-order valence-electron chi connectivity index (χ0n) is 13.7. The number of likely N-dealkylation sites (N-methyl/N-ethyl adjacent to an activating group) is 1. The summed E-state index contributed by atoms with van der Waals surface area (Å²) in [6, 6.07) is 6.68. The molecule has 0 saturated carbocycles. The fraction of sp³-hybridized carbons (Fsp3) is 0.438. The molecule has 1 aliphatic rings. The number of nitrogens with one attached hydrogen (secondary N) is 1. The molecule has 1 saturated heterocycles. The third-order valence-electron chi connectivity index (χ3n) is 3.54. The third-order valence-corrected chi connectivity index (χ3v) is 3.54. The van der Waals surface area contributed by atoms with E-state index in [1.807, 2.05) is 0 Å². The van der Waals surface area contributed by atoms with Gasteiger partial charge in [0.2, 0.25) is 11.8 Å². The van der Waals surface area contributed by atoms with Crippen LogP contribution in [-0.4, -0.2) is 60.9 Å². The molecule has 1 aliphatic heterocycles. The van der Waals surface area contributed by atoms with Crippen LogP contribution in [0, 0.1) is 0 Å². The molecule has 0 bridgehead atoms. The first-order valence-corrected chi connectivity index (χ1v) is 7.79. The van der Waals surface area contributed by atoms with Crippen LogP contribution in [-0.2, 0) is 9.59 Å². The van der Waals surface area contributed by atoms with E-state index in [4.69, 9.17) is 10.5 Å². The van der Waals surface area contributed by atoms with Gasteiger partial charge in [-0.2, -0.15) is 0 Å². The Balaban J connectivity index is 1.73. The largest absolute Gasteiger partial charge is 0.492 e. The minimum atomic E-state index is -0.312. The van der Waals surface area contributed by atoms with E-state index in [2.05, 4.69) is 5.32 Å². The summed E-state index contributed by atoms with van der Waals surface area (Å²) < 4.78 is 5.35. The summed E-state index contributed by atoms with van der Waals surface area (Å²) in [6.07, 6.45) is 0.654. The molecule has 24 heavy (non-hydrogen) atoms. The number of hydrogen-bond acceptors (Lipinski definition) is 5. The van der Waals surface area contributed by atoms with Crippen LogP contribution in [0.1, 0.15) is 12.8 Å². The highest BCUT2D eigenvalue weighted by molar-refractivity contribution is 6.01. The molecule has 1 fully saturated rings. The SMILES string of the molecule is CN1CC(=O)N(CCCC(=O)Nc2ccc(OCCN)cc2)C1=O. The zero-order chi connectivity index (χ0) is 17.5. The average Bonchev–Trinajstić information content (AvgIpc) is 2.80. The predicted molar refractivity (Wildman–Crippen MR) is 88.6 cm³/mol. The maximum absolute atomic E-state index is 11.9. The number of ether oxygens (including phenoxy) is 1. The van der Waals surface area contributed by atoms with Crippen molar-refractivity contribution in [3.8, 4) is 5.75 Å². The van der Waals surface area contributed by atoms with Crippen LogP contribution < -0.4 is 15.8 Å². The van der Waals surface area contributed by atoms with Gasteiger partial charge in [-0.15, -0.1) is 0 Å². The molecule has 1 aromatic rings. The normalized spacial score (nSPS) is 14.2. The molecule has 0 radical (unpaired) electrons. The molecule has 1 heterocycles. The first kappa shape index (κ1) is 17.7. The second-order valence-electron chi connectivity index (χ2n) is 5.50. The molecule has 1 aromatic carbocycles. The summed E-state index contributed by atoms with van der Waals surface area (Å²) in [5, 5.41) is 2.76. The van der Waals surface area contributed by atoms with Crippen molar-refractivity contribution >= 4 is 23.5 Å². The summed E-state index contributed by atoms with van der Waals surface area (Å²) in [4.78, 5) is 37.8. The van der Waals surface area contributed by atoms with Gasteiger partial charge in [0.1, 0.15) is 18.9 Å². The van der Waals surface area contributed by atoms with Crippen LogP contribution in [0.3, 0.4) is 0 Å². The fourth-order valence-corrected chi connectivity index (χ4v) is 2.32. The number of carbonyl (C=O) groups excluding carboxylic acids is 3. The number of imide groups is 1. The summed E-state index contributed by atoms with van der Waals surface area (Å²) in [6.45, 7) is 1.23. The second kappa shape index (κ2) is 8.30. The maximum Gasteiger partial charge on any atom is 0.326 e. The number of urea groups is 1. The van der Waals surface area contributed by atoms with Crippen molar-refractivity contribution in [2.24, 2.45) is 5.73 Å². The molecule has 130 valence electrons. The van der Waals surface area contributed by atoms with Crippen LogP contribution >= 0.6 is 0 Å². The van der Waals surface area contributed by atoms with Crippen LogP contribution in [0.4, 0.5) is 10.5 Å². The standard InChI is InChI=1S/C16H22N4O4/c1-19-11-15(22)20(16(19)23)9-2-3-14(21)18-12-4-6-13(7-5-12)24-10-8-17/h4-7H,2-3,8-11,17H2,1H3,(H,18,21). The molecule has 3 N–H and O–H groups in total. The van der Waals surface area contributed by atoms with E-state index in [0.29, 0.717) is 31.0 Å². The Morgan fingerprint density at radius 3 is 2.58 bits per heavy atom. The monoisotopic (exact) mass is 334 g/mol. The average molecular weight is 334 g/mol. The second-order valence-corrected chi connectivity index (χ2v) is 5.50. The van der Waals surface area contributed by atoms with E-state index in [9.17, 15) is 14.4 Å². The molecule has 4 amide bonds. The van der Waals surface area contributed by atoms with Gasteiger partial charge in [-0.25, -0.2) is 4.79 Å². The lowest BCUT2D eigenvalue weighted by molar-refractivity contribution is -0.125. The van der Waals surface area contributed by atoms with Crippen molar-refractivity contribution in [3.63, 3.8) is 0 Å². The quantitative estimate of drug-likeness (QED) is 0.679. The molecule has 8 heteroatoms. The van der Waals surface area contributed by atoms with Gasteiger partial charge in [-0.3, -0.25) is 14.5 Å². The highest BCUT2D eigenvalue weighted by Gasteiger charge is 2.32. The Bertz CT molecular complexity index is 603. The topological polar surface area (TPSA) is 105 Å². The third kappa shape index (κ3) is 4.69. The highest BCUT2D eigenvalue weighted by Crippen LogP contribution is 2.16. The molecular weight excluding hydrogens is 312 g/mol. The Kier molecular flexibility index (Phi) is 6.14. The Labute approximate surface area is 140 Å².